The van der Waals surface area contributed by atoms with Gasteiger partial charge in [-0.15, -0.1) is 0 Å². The van der Waals surface area contributed by atoms with E-state index in [0.29, 0.717) is 13.2 Å². The zero-order valence-corrected chi connectivity index (χ0v) is 10.6. The van der Waals surface area contributed by atoms with Crippen molar-refractivity contribution in [2.24, 2.45) is 0 Å². The highest BCUT2D eigenvalue weighted by Gasteiger charge is 2.22. The summed E-state index contributed by atoms with van der Waals surface area (Å²) in [5.74, 6) is 0. The topological polar surface area (TPSA) is 45.0 Å². The van der Waals surface area contributed by atoms with E-state index in [1.807, 2.05) is 32.0 Å². The van der Waals surface area contributed by atoms with Crippen molar-refractivity contribution in [3.8, 4) is 6.07 Å². The molecule has 0 saturated heterocycles. The molecule has 0 aliphatic carbocycles. The number of hydrogen-bond acceptors (Lipinski definition) is 3. The summed E-state index contributed by atoms with van der Waals surface area (Å²) >= 11 is 0. The molecule has 1 aromatic carbocycles. The summed E-state index contributed by atoms with van der Waals surface area (Å²) in [6.07, 6.45) is 0.883. The molecule has 92 valence electrons. The van der Waals surface area contributed by atoms with Crippen LogP contribution in [0.15, 0.2) is 30.3 Å². The van der Waals surface area contributed by atoms with Gasteiger partial charge in [0.2, 0.25) is 0 Å². The summed E-state index contributed by atoms with van der Waals surface area (Å²) in [6.45, 7) is 5.68. The summed E-state index contributed by atoms with van der Waals surface area (Å²) in [6, 6.07) is 12.4. The molecule has 0 fully saturated rings. The van der Waals surface area contributed by atoms with E-state index in [1.165, 1.54) is 5.56 Å². The molecule has 3 nitrogen and oxygen atoms in total. The summed E-state index contributed by atoms with van der Waals surface area (Å²) in [4.78, 5) is 0. The predicted molar refractivity (Wildman–Crippen MR) is 68.7 cm³/mol. The quantitative estimate of drug-likeness (QED) is 0.733. The SMILES string of the molecule is CCNC(C)(C#N)COCCc1ccccc1. The number of hydrogen-bond donors (Lipinski definition) is 1. The lowest BCUT2D eigenvalue weighted by molar-refractivity contribution is 0.0984. The Balaban J connectivity index is 2.26. The highest BCUT2D eigenvalue weighted by atomic mass is 16.5. The Bertz CT molecular complexity index is 358. The minimum atomic E-state index is -0.578. The van der Waals surface area contributed by atoms with Crippen molar-refractivity contribution < 1.29 is 4.74 Å². The maximum absolute atomic E-state index is 9.04. The monoisotopic (exact) mass is 232 g/mol. The van der Waals surface area contributed by atoms with Crippen molar-refractivity contribution >= 4 is 0 Å². The van der Waals surface area contributed by atoms with E-state index in [0.717, 1.165) is 13.0 Å². The zero-order valence-electron chi connectivity index (χ0n) is 10.6. The van der Waals surface area contributed by atoms with Gasteiger partial charge in [-0.05, 0) is 25.5 Å². The molecule has 1 aromatic rings. The minimum Gasteiger partial charge on any atom is -0.378 e. The van der Waals surface area contributed by atoms with E-state index in [-0.39, 0.29) is 0 Å². The van der Waals surface area contributed by atoms with Gasteiger partial charge in [-0.1, -0.05) is 37.3 Å². The Kier molecular flexibility index (Phi) is 5.68. The Morgan fingerprint density at radius 2 is 2.06 bits per heavy atom. The number of rotatable bonds is 7. The molecule has 0 spiro atoms. The first-order chi connectivity index (χ1) is 8.20. The zero-order chi connectivity index (χ0) is 12.6. The van der Waals surface area contributed by atoms with Gasteiger partial charge in [-0.3, -0.25) is 5.32 Å². The van der Waals surface area contributed by atoms with Crippen LogP contribution in [0.2, 0.25) is 0 Å². The molecule has 1 N–H and O–H groups in total. The summed E-state index contributed by atoms with van der Waals surface area (Å²) in [7, 11) is 0. The third kappa shape index (κ3) is 4.99. The van der Waals surface area contributed by atoms with Gasteiger partial charge in [0, 0.05) is 0 Å². The van der Waals surface area contributed by atoms with E-state index in [4.69, 9.17) is 10.00 Å². The summed E-state index contributed by atoms with van der Waals surface area (Å²) < 4.78 is 5.56. The second-order valence-corrected chi connectivity index (χ2v) is 4.26. The van der Waals surface area contributed by atoms with Crippen LogP contribution >= 0.6 is 0 Å². The molecule has 0 aromatic heterocycles. The number of likely N-dealkylation sites (N-methyl/N-ethyl adjacent to an activating group) is 1. The van der Waals surface area contributed by atoms with E-state index in [1.54, 1.807) is 0 Å². The fourth-order valence-corrected chi connectivity index (χ4v) is 1.62. The first kappa shape index (κ1) is 13.7. The number of benzene rings is 1. The van der Waals surface area contributed by atoms with Gasteiger partial charge in [0.05, 0.1) is 19.3 Å². The van der Waals surface area contributed by atoms with Gasteiger partial charge in [-0.2, -0.15) is 5.26 Å². The lowest BCUT2D eigenvalue weighted by Crippen LogP contribution is -2.45. The second kappa shape index (κ2) is 7.05. The normalized spacial score (nSPS) is 13.9. The molecule has 0 heterocycles. The fourth-order valence-electron chi connectivity index (χ4n) is 1.62. The maximum Gasteiger partial charge on any atom is 0.127 e. The van der Waals surface area contributed by atoms with E-state index in [2.05, 4.69) is 23.5 Å². The molecule has 0 aliphatic rings. The lowest BCUT2D eigenvalue weighted by Gasteiger charge is -2.22. The van der Waals surface area contributed by atoms with Crippen molar-refractivity contribution in [2.45, 2.75) is 25.8 Å². The van der Waals surface area contributed by atoms with Gasteiger partial charge >= 0.3 is 0 Å². The van der Waals surface area contributed by atoms with Crippen LogP contribution in [-0.2, 0) is 11.2 Å². The summed E-state index contributed by atoms with van der Waals surface area (Å²) in [5, 5.41) is 12.2. The average molecular weight is 232 g/mol. The van der Waals surface area contributed by atoms with Crippen molar-refractivity contribution in [3.63, 3.8) is 0 Å². The number of nitrogens with one attached hydrogen (secondary N) is 1. The predicted octanol–water partition coefficient (Wildman–Crippen LogP) is 2.14. The highest BCUT2D eigenvalue weighted by Crippen LogP contribution is 2.04. The Morgan fingerprint density at radius 1 is 1.35 bits per heavy atom. The highest BCUT2D eigenvalue weighted by molar-refractivity contribution is 5.14. The molecular weight excluding hydrogens is 212 g/mol. The lowest BCUT2D eigenvalue weighted by atomic mass is 10.1. The van der Waals surface area contributed by atoms with Crippen LogP contribution in [0.4, 0.5) is 0 Å². The molecule has 0 saturated carbocycles. The standard InChI is InChI=1S/C14H20N2O/c1-3-16-14(2,11-15)12-17-10-9-13-7-5-4-6-8-13/h4-8,16H,3,9-10,12H2,1-2H3. The Morgan fingerprint density at radius 3 is 2.65 bits per heavy atom. The van der Waals surface area contributed by atoms with E-state index < -0.39 is 5.54 Å². The van der Waals surface area contributed by atoms with Crippen LogP contribution < -0.4 is 5.32 Å². The summed E-state index contributed by atoms with van der Waals surface area (Å²) in [5.41, 5.74) is 0.681. The first-order valence-electron chi connectivity index (χ1n) is 5.98. The average Bonchev–Trinajstić information content (AvgIpc) is 2.36. The van der Waals surface area contributed by atoms with E-state index in [9.17, 15) is 0 Å². The molecule has 3 heteroatoms. The van der Waals surface area contributed by atoms with Gasteiger partial charge in [0.1, 0.15) is 5.54 Å². The first-order valence-corrected chi connectivity index (χ1v) is 5.98. The van der Waals surface area contributed by atoms with Crippen LogP contribution in [0.3, 0.4) is 0 Å². The Labute approximate surface area is 103 Å². The van der Waals surface area contributed by atoms with Gasteiger partial charge in [0.25, 0.3) is 0 Å². The third-order valence-corrected chi connectivity index (χ3v) is 2.58. The van der Waals surface area contributed by atoms with Crippen LogP contribution in [0.1, 0.15) is 19.4 Å². The van der Waals surface area contributed by atoms with Crippen molar-refractivity contribution in [2.75, 3.05) is 19.8 Å². The largest absolute Gasteiger partial charge is 0.378 e. The smallest absolute Gasteiger partial charge is 0.127 e. The Hall–Kier alpha value is -1.37. The molecule has 17 heavy (non-hydrogen) atoms. The van der Waals surface area contributed by atoms with Crippen LogP contribution in [0.25, 0.3) is 0 Å². The van der Waals surface area contributed by atoms with Crippen LogP contribution in [0.5, 0.6) is 0 Å². The second-order valence-electron chi connectivity index (χ2n) is 4.26. The molecule has 1 unspecified atom stereocenters. The van der Waals surface area contributed by atoms with Crippen molar-refractivity contribution in [3.05, 3.63) is 35.9 Å². The fraction of sp³-hybridized carbons (Fsp3) is 0.500. The number of nitrogens with zero attached hydrogens (tertiary/aromatic N) is 1. The van der Waals surface area contributed by atoms with Gasteiger partial charge < -0.3 is 4.74 Å². The van der Waals surface area contributed by atoms with Crippen LogP contribution in [-0.4, -0.2) is 25.3 Å². The van der Waals surface area contributed by atoms with Crippen molar-refractivity contribution in [1.29, 1.82) is 5.26 Å². The van der Waals surface area contributed by atoms with Crippen LogP contribution in [0, 0.1) is 11.3 Å². The third-order valence-electron chi connectivity index (χ3n) is 2.58. The molecule has 0 radical (unpaired) electrons. The maximum atomic E-state index is 9.04. The molecule has 1 rings (SSSR count). The molecule has 0 bridgehead atoms. The molecule has 0 aliphatic heterocycles. The van der Waals surface area contributed by atoms with Gasteiger partial charge in [0.15, 0.2) is 0 Å². The molecule has 1 atom stereocenters. The molecule has 0 amide bonds. The van der Waals surface area contributed by atoms with Crippen molar-refractivity contribution in [1.82, 2.24) is 5.32 Å². The van der Waals surface area contributed by atoms with E-state index >= 15 is 0 Å². The minimum absolute atomic E-state index is 0.421. The van der Waals surface area contributed by atoms with Gasteiger partial charge in [-0.25, -0.2) is 0 Å². The number of ether oxygens (including phenoxy) is 1. The number of nitriles is 1. The molecular formula is C14H20N2O.